The van der Waals surface area contributed by atoms with Gasteiger partial charge in [0.1, 0.15) is 11.6 Å². The fraction of sp³-hybridized carbons (Fsp3) is 0.375. The van der Waals surface area contributed by atoms with E-state index in [9.17, 15) is 9.50 Å². The third-order valence-corrected chi connectivity index (χ3v) is 6.17. The molecular formula is C24H28FN5O. The minimum absolute atomic E-state index is 0.252. The van der Waals surface area contributed by atoms with E-state index in [-0.39, 0.29) is 11.2 Å². The summed E-state index contributed by atoms with van der Waals surface area (Å²) < 4.78 is 14.3. The molecule has 2 aromatic heterocycles. The Bertz CT molecular complexity index is 1030. The molecule has 1 aliphatic rings. The fourth-order valence-corrected chi connectivity index (χ4v) is 3.99. The number of nitrogens with two attached hydrogens (primary N) is 1. The molecule has 4 rings (SSSR count). The van der Waals surface area contributed by atoms with Gasteiger partial charge in [-0.3, -0.25) is 4.98 Å². The molecule has 6 nitrogen and oxygen atoms in total. The number of hydrogen-bond acceptors (Lipinski definition) is 6. The van der Waals surface area contributed by atoms with Crippen LogP contribution in [0.1, 0.15) is 50.4 Å². The van der Waals surface area contributed by atoms with Crippen LogP contribution in [0.2, 0.25) is 0 Å². The van der Waals surface area contributed by atoms with Crippen LogP contribution in [0, 0.1) is 5.82 Å². The summed E-state index contributed by atoms with van der Waals surface area (Å²) in [6.45, 7) is 3.95. The van der Waals surface area contributed by atoms with Gasteiger partial charge in [-0.2, -0.15) is 0 Å². The van der Waals surface area contributed by atoms with Crippen molar-refractivity contribution in [3.05, 3.63) is 71.8 Å². The highest BCUT2D eigenvalue weighted by Crippen LogP contribution is 2.43. The number of nitrogens with one attached hydrogen (secondary N) is 1. The summed E-state index contributed by atoms with van der Waals surface area (Å²) in [5.41, 5.74) is 7.86. The smallest absolute Gasteiger partial charge is 0.148 e. The van der Waals surface area contributed by atoms with Gasteiger partial charge >= 0.3 is 0 Å². The van der Waals surface area contributed by atoms with Crippen molar-refractivity contribution in [3.8, 4) is 11.3 Å². The molecular weight excluding hydrogens is 393 g/mol. The number of halogens is 1. The van der Waals surface area contributed by atoms with Crippen molar-refractivity contribution in [2.75, 3.05) is 11.9 Å². The van der Waals surface area contributed by atoms with E-state index in [4.69, 9.17) is 5.73 Å². The Balaban J connectivity index is 1.43. The first-order valence-electron chi connectivity index (χ1n) is 10.6. The van der Waals surface area contributed by atoms with E-state index in [1.54, 1.807) is 26.1 Å². The van der Waals surface area contributed by atoms with Crippen LogP contribution < -0.4 is 11.1 Å². The lowest BCUT2D eigenvalue weighted by atomic mass is 9.66. The molecule has 0 bridgehead atoms. The summed E-state index contributed by atoms with van der Waals surface area (Å²) in [7, 11) is 0. The van der Waals surface area contributed by atoms with E-state index in [0.717, 1.165) is 36.1 Å². The summed E-state index contributed by atoms with van der Waals surface area (Å²) in [6, 6.07) is 14.0. The van der Waals surface area contributed by atoms with Crippen molar-refractivity contribution in [2.24, 2.45) is 5.73 Å². The number of rotatable bonds is 7. The van der Waals surface area contributed by atoms with E-state index >= 15 is 0 Å². The Morgan fingerprint density at radius 3 is 2.42 bits per heavy atom. The van der Waals surface area contributed by atoms with E-state index in [2.05, 4.69) is 20.5 Å². The maximum Gasteiger partial charge on any atom is 0.148 e. The lowest BCUT2D eigenvalue weighted by Gasteiger charge is -2.41. The topological polar surface area (TPSA) is 97.0 Å². The van der Waals surface area contributed by atoms with Gasteiger partial charge in [0.25, 0.3) is 0 Å². The summed E-state index contributed by atoms with van der Waals surface area (Å²) in [6.07, 6.45) is 4.51. The van der Waals surface area contributed by atoms with Crippen molar-refractivity contribution >= 4 is 5.82 Å². The molecule has 3 aromatic rings. The van der Waals surface area contributed by atoms with Gasteiger partial charge in [-0.15, -0.1) is 10.2 Å². The molecule has 162 valence electrons. The highest BCUT2D eigenvalue weighted by molar-refractivity contribution is 5.60. The normalized spacial score (nSPS) is 16.4. The lowest BCUT2D eigenvalue weighted by Crippen LogP contribution is -2.42. The second-order valence-electron chi connectivity index (χ2n) is 8.88. The van der Waals surface area contributed by atoms with Gasteiger partial charge in [0.2, 0.25) is 0 Å². The van der Waals surface area contributed by atoms with Crippen molar-refractivity contribution in [2.45, 2.75) is 50.2 Å². The molecule has 0 radical (unpaired) electrons. The van der Waals surface area contributed by atoms with Gasteiger partial charge in [0.15, 0.2) is 0 Å². The molecule has 1 saturated carbocycles. The molecule has 7 heteroatoms. The highest BCUT2D eigenvalue weighted by atomic mass is 19.1. The first kappa shape index (κ1) is 21.3. The molecule has 0 saturated heterocycles. The molecule has 2 heterocycles. The largest absolute Gasteiger partial charge is 0.388 e. The Hall–Kier alpha value is -2.90. The van der Waals surface area contributed by atoms with Crippen LogP contribution in [-0.4, -0.2) is 32.4 Å². The molecule has 0 spiro atoms. The first-order valence-corrected chi connectivity index (χ1v) is 10.6. The van der Waals surface area contributed by atoms with Crippen LogP contribution in [0.5, 0.6) is 0 Å². The standard InChI is InChI=1S/C24H28FN5O/c1-23(2,31)21(26)17-8-6-16(7-9-17)19-10-11-20(30-29-19)28-15-24(12-4-13-24)22-18(25)5-3-14-27-22/h3,5-11,14,21,31H,4,12-13,15,26H2,1-2H3,(H,28,30). The van der Waals surface area contributed by atoms with Gasteiger partial charge in [-0.25, -0.2) is 4.39 Å². The third-order valence-electron chi connectivity index (χ3n) is 6.17. The Labute approximate surface area is 181 Å². The SMILES string of the molecule is CC(C)(O)C(N)c1ccc(-c2ccc(NCC3(c4ncccc4F)CCC3)nn2)cc1. The Morgan fingerprint density at radius 2 is 1.87 bits per heavy atom. The van der Waals surface area contributed by atoms with Gasteiger partial charge in [-0.1, -0.05) is 30.7 Å². The number of hydrogen-bond donors (Lipinski definition) is 3. The van der Waals surface area contributed by atoms with Crippen LogP contribution in [-0.2, 0) is 5.41 Å². The monoisotopic (exact) mass is 421 g/mol. The summed E-state index contributed by atoms with van der Waals surface area (Å²) >= 11 is 0. The second kappa shape index (κ2) is 8.32. The third kappa shape index (κ3) is 4.43. The summed E-state index contributed by atoms with van der Waals surface area (Å²) in [5, 5.41) is 22.0. The minimum atomic E-state index is -0.995. The molecule has 31 heavy (non-hydrogen) atoms. The molecule has 1 aliphatic carbocycles. The summed E-state index contributed by atoms with van der Waals surface area (Å²) in [4.78, 5) is 4.30. The molecule has 4 N–H and O–H groups in total. The van der Waals surface area contributed by atoms with Crippen LogP contribution in [0.4, 0.5) is 10.2 Å². The number of aromatic nitrogens is 3. The van der Waals surface area contributed by atoms with E-state index in [1.165, 1.54) is 6.07 Å². The van der Waals surface area contributed by atoms with E-state index in [0.29, 0.717) is 18.1 Å². The van der Waals surface area contributed by atoms with Crippen LogP contribution in [0.15, 0.2) is 54.7 Å². The number of pyridine rings is 1. The Kier molecular flexibility index (Phi) is 5.73. The number of aliphatic hydroxyl groups is 1. The number of benzene rings is 1. The maximum absolute atomic E-state index is 14.3. The van der Waals surface area contributed by atoms with Gasteiger partial charge in [0.05, 0.1) is 23.0 Å². The van der Waals surface area contributed by atoms with Crippen molar-refractivity contribution in [1.82, 2.24) is 15.2 Å². The zero-order valence-corrected chi connectivity index (χ0v) is 17.8. The van der Waals surface area contributed by atoms with Crippen molar-refractivity contribution in [1.29, 1.82) is 0 Å². The number of nitrogens with zero attached hydrogens (tertiary/aromatic N) is 3. The van der Waals surface area contributed by atoms with Crippen LogP contribution in [0.25, 0.3) is 11.3 Å². The minimum Gasteiger partial charge on any atom is -0.388 e. The quantitative estimate of drug-likeness (QED) is 0.534. The van der Waals surface area contributed by atoms with E-state index < -0.39 is 11.6 Å². The van der Waals surface area contributed by atoms with Crippen LogP contribution >= 0.6 is 0 Å². The predicted molar refractivity (Wildman–Crippen MR) is 119 cm³/mol. The summed E-state index contributed by atoms with van der Waals surface area (Å²) in [5.74, 6) is 0.394. The average Bonchev–Trinajstić information content (AvgIpc) is 2.73. The van der Waals surface area contributed by atoms with Crippen molar-refractivity contribution < 1.29 is 9.50 Å². The molecule has 1 atom stereocenters. The molecule has 1 aromatic carbocycles. The lowest BCUT2D eigenvalue weighted by molar-refractivity contribution is 0.0517. The van der Waals surface area contributed by atoms with Gasteiger partial charge < -0.3 is 16.2 Å². The van der Waals surface area contributed by atoms with Crippen LogP contribution in [0.3, 0.4) is 0 Å². The molecule has 1 fully saturated rings. The highest BCUT2D eigenvalue weighted by Gasteiger charge is 2.41. The first-order chi connectivity index (χ1) is 14.8. The second-order valence-corrected chi connectivity index (χ2v) is 8.88. The average molecular weight is 422 g/mol. The van der Waals surface area contributed by atoms with Gasteiger partial charge in [-0.05, 0) is 56.5 Å². The fourth-order valence-electron chi connectivity index (χ4n) is 3.99. The molecule has 0 amide bonds. The Morgan fingerprint density at radius 1 is 1.13 bits per heavy atom. The predicted octanol–water partition coefficient (Wildman–Crippen LogP) is 3.98. The maximum atomic E-state index is 14.3. The molecule has 0 aliphatic heterocycles. The number of anilines is 1. The van der Waals surface area contributed by atoms with E-state index in [1.807, 2.05) is 36.4 Å². The molecule has 1 unspecified atom stereocenters. The zero-order chi connectivity index (χ0) is 22.1. The van der Waals surface area contributed by atoms with Crippen molar-refractivity contribution in [3.63, 3.8) is 0 Å². The zero-order valence-electron chi connectivity index (χ0n) is 17.8. The van der Waals surface area contributed by atoms with Gasteiger partial charge in [0, 0.05) is 23.7 Å².